The molecule has 1 aromatic rings. The highest BCUT2D eigenvalue weighted by Gasteiger charge is 2.24. The van der Waals surface area contributed by atoms with Crippen LogP contribution >= 0.6 is 15.9 Å². The van der Waals surface area contributed by atoms with Gasteiger partial charge in [-0.1, -0.05) is 47.5 Å². The van der Waals surface area contributed by atoms with Crippen LogP contribution in [0.25, 0.3) is 0 Å². The second kappa shape index (κ2) is 5.33. The third kappa shape index (κ3) is 2.67. The first-order valence-corrected chi connectivity index (χ1v) is 6.98. The van der Waals surface area contributed by atoms with Gasteiger partial charge in [-0.15, -0.1) is 0 Å². The van der Waals surface area contributed by atoms with Gasteiger partial charge in [-0.2, -0.15) is 0 Å². The highest BCUT2D eigenvalue weighted by Crippen LogP contribution is 2.29. The molecule has 2 rings (SSSR count). The molecule has 1 aliphatic carbocycles. The van der Waals surface area contributed by atoms with E-state index < -0.39 is 0 Å². The monoisotopic (exact) mass is 281 g/mol. The number of nitrogens with one attached hydrogen (secondary N) is 1. The van der Waals surface area contributed by atoms with Crippen LogP contribution in [0, 0.1) is 5.92 Å². The molecule has 0 radical (unpaired) electrons. The second-order valence-corrected chi connectivity index (χ2v) is 5.78. The minimum atomic E-state index is 0.432. The zero-order valence-electron chi connectivity index (χ0n) is 10.0. The van der Waals surface area contributed by atoms with Crippen LogP contribution in [0.2, 0.25) is 0 Å². The lowest BCUT2D eigenvalue weighted by Crippen LogP contribution is -2.33. The zero-order valence-corrected chi connectivity index (χ0v) is 11.6. The predicted molar refractivity (Wildman–Crippen MR) is 72.5 cm³/mol. The van der Waals surface area contributed by atoms with E-state index in [1.807, 2.05) is 0 Å². The Hall–Kier alpha value is -0.340. The van der Waals surface area contributed by atoms with E-state index in [9.17, 15) is 0 Å². The van der Waals surface area contributed by atoms with Crippen LogP contribution in [0.15, 0.2) is 28.7 Å². The van der Waals surface area contributed by atoms with Gasteiger partial charge in [0.05, 0.1) is 0 Å². The number of halogens is 1. The molecule has 1 nitrogen and oxygen atoms in total. The SMILES string of the molecule is CC1CCCC1N[C@@H](C)c1ccccc1Br. The fourth-order valence-corrected chi connectivity index (χ4v) is 3.26. The fraction of sp³-hybridized carbons (Fsp3) is 0.571. The summed E-state index contributed by atoms with van der Waals surface area (Å²) < 4.78 is 1.21. The van der Waals surface area contributed by atoms with Gasteiger partial charge >= 0.3 is 0 Å². The molecule has 0 bridgehead atoms. The molecule has 88 valence electrons. The third-order valence-corrected chi connectivity index (χ3v) is 4.42. The van der Waals surface area contributed by atoms with Crippen molar-refractivity contribution in [2.45, 2.75) is 45.2 Å². The molecule has 16 heavy (non-hydrogen) atoms. The van der Waals surface area contributed by atoms with Crippen molar-refractivity contribution in [3.63, 3.8) is 0 Å². The van der Waals surface area contributed by atoms with E-state index in [0.717, 1.165) is 5.92 Å². The molecule has 0 heterocycles. The van der Waals surface area contributed by atoms with Crippen LogP contribution in [0.3, 0.4) is 0 Å². The summed E-state index contributed by atoms with van der Waals surface area (Å²) in [6, 6.07) is 9.62. The van der Waals surface area contributed by atoms with Crippen LogP contribution < -0.4 is 5.32 Å². The van der Waals surface area contributed by atoms with Gasteiger partial charge in [-0.3, -0.25) is 0 Å². The largest absolute Gasteiger partial charge is 0.307 e. The number of hydrogen-bond donors (Lipinski definition) is 1. The summed E-state index contributed by atoms with van der Waals surface area (Å²) in [5.74, 6) is 0.824. The maximum Gasteiger partial charge on any atom is 0.0305 e. The summed E-state index contributed by atoms with van der Waals surface area (Å²) >= 11 is 3.62. The molecule has 2 heteroatoms. The molecular weight excluding hydrogens is 262 g/mol. The molecule has 0 aromatic heterocycles. The molecule has 1 N–H and O–H groups in total. The Labute approximate surface area is 107 Å². The summed E-state index contributed by atoms with van der Waals surface area (Å²) in [4.78, 5) is 0. The van der Waals surface area contributed by atoms with Gasteiger partial charge in [0.15, 0.2) is 0 Å². The standard InChI is InChI=1S/C14H20BrN/c1-10-6-5-9-14(10)16-11(2)12-7-3-4-8-13(12)15/h3-4,7-8,10-11,14,16H,5-6,9H2,1-2H3/t10?,11-,14?/m0/s1. The van der Waals surface area contributed by atoms with Gasteiger partial charge in [0.2, 0.25) is 0 Å². The Morgan fingerprint density at radius 3 is 2.69 bits per heavy atom. The maximum absolute atomic E-state index is 3.76. The highest BCUT2D eigenvalue weighted by atomic mass is 79.9. The topological polar surface area (TPSA) is 12.0 Å². The Bertz CT molecular complexity index is 350. The van der Waals surface area contributed by atoms with E-state index in [1.165, 1.54) is 29.3 Å². The molecule has 0 aliphatic heterocycles. The van der Waals surface area contributed by atoms with Gasteiger partial charge in [0.1, 0.15) is 0 Å². The normalized spacial score (nSPS) is 26.9. The van der Waals surface area contributed by atoms with Crippen molar-refractivity contribution in [1.29, 1.82) is 0 Å². The summed E-state index contributed by atoms with van der Waals surface area (Å²) in [6.45, 7) is 4.61. The Morgan fingerprint density at radius 2 is 2.06 bits per heavy atom. The lowest BCUT2D eigenvalue weighted by Gasteiger charge is -2.23. The van der Waals surface area contributed by atoms with Crippen LogP contribution in [0.4, 0.5) is 0 Å². The average molecular weight is 282 g/mol. The summed E-state index contributed by atoms with van der Waals surface area (Å²) in [6.07, 6.45) is 4.08. The van der Waals surface area contributed by atoms with Gasteiger partial charge < -0.3 is 5.32 Å². The van der Waals surface area contributed by atoms with Crippen molar-refractivity contribution >= 4 is 15.9 Å². The maximum atomic E-state index is 3.76. The van der Waals surface area contributed by atoms with E-state index in [-0.39, 0.29) is 0 Å². The summed E-state index contributed by atoms with van der Waals surface area (Å²) in [5, 5.41) is 3.76. The number of hydrogen-bond acceptors (Lipinski definition) is 1. The fourth-order valence-electron chi connectivity index (χ4n) is 2.63. The van der Waals surface area contributed by atoms with Gasteiger partial charge in [0.25, 0.3) is 0 Å². The first kappa shape index (κ1) is 12.1. The third-order valence-electron chi connectivity index (χ3n) is 3.70. The molecular formula is C14H20BrN. The molecule has 2 unspecified atom stereocenters. The van der Waals surface area contributed by atoms with Crippen molar-refractivity contribution in [3.05, 3.63) is 34.3 Å². The minimum absolute atomic E-state index is 0.432. The van der Waals surface area contributed by atoms with Gasteiger partial charge in [-0.25, -0.2) is 0 Å². The predicted octanol–water partition coefficient (Wildman–Crippen LogP) is 4.29. The minimum Gasteiger partial charge on any atom is -0.307 e. The molecule has 1 aliphatic rings. The lowest BCUT2D eigenvalue weighted by atomic mass is 10.0. The van der Waals surface area contributed by atoms with Gasteiger partial charge in [-0.05, 0) is 37.3 Å². The van der Waals surface area contributed by atoms with Crippen molar-refractivity contribution in [2.24, 2.45) is 5.92 Å². The molecule has 3 atom stereocenters. The quantitative estimate of drug-likeness (QED) is 0.872. The second-order valence-electron chi connectivity index (χ2n) is 4.92. The van der Waals surface area contributed by atoms with Crippen LogP contribution in [-0.2, 0) is 0 Å². The van der Waals surface area contributed by atoms with Crippen molar-refractivity contribution in [3.8, 4) is 0 Å². The van der Waals surface area contributed by atoms with E-state index in [4.69, 9.17) is 0 Å². The van der Waals surface area contributed by atoms with Crippen molar-refractivity contribution < 1.29 is 0 Å². The molecule has 0 amide bonds. The highest BCUT2D eigenvalue weighted by molar-refractivity contribution is 9.10. The Morgan fingerprint density at radius 1 is 1.31 bits per heavy atom. The van der Waals surface area contributed by atoms with E-state index in [0.29, 0.717) is 12.1 Å². The molecule has 1 fully saturated rings. The molecule has 0 saturated heterocycles. The van der Waals surface area contributed by atoms with Crippen molar-refractivity contribution in [2.75, 3.05) is 0 Å². The number of rotatable bonds is 3. The zero-order chi connectivity index (χ0) is 11.5. The summed E-state index contributed by atoms with van der Waals surface area (Å²) in [7, 11) is 0. The smallest absolute Gasteiger partial charge is 0.0305 e. The first-order chi connectivity index (χ1) is 7.68. The number of benzene rings is 1. The molecule has 1 aromatic carbocycles. The summed E-state index contributed by atoms with van der Waals surface area (Å²) in [5.41, 5.74) is 1.36. The van der Waals surface area contributed by atoms with Gasteiger partial charge in [0, 0.05) is 16.6 Å². The average Bonchev–Trinajstić information content (AvgIpc) is 2.65. The van der Waals surface area contributed by atoms with E-state index >= 15 is 0 Å². The Kier molecular flexibility index (Phi) is 4.04. The van der Waals surface area contributed by atoms with E-state index in [2.05, 4.69) is 59.4 Å². The van der Waals surface area contributed by atoms with Crippen LogP contribution in [0.5, 0.6) is 0 Å². The molecule has 1 saturated carbocycles. The Balaban J connectivity index is 2.03. The lowest BCUT2D eigenvalue weighted by molar-refractivity contribution is 0.388. The molecule has 0 spiro atoms. The first-order valence-electron chi connectivity index (χ1n) is 6.19. The van der Waals surface area contributed by atoms with Crippen LogP contribution in [-0.4, -0.2) is 6.04 Å². The van der Waals surface area contributed by atoms with E-state index in [1.54, 1.807) is 0 Å². The van der Waals surface area contributed by atoms with Crippen molar-refractivity contribution in [1.82, 2.24) is 5.32 Å². The van der Waals surface area contributed by atoms with Crippen LogP contribution in [0.1, 0.15) is 44.7 Å².